The van der Waals surface area contributed by atoms with Gasteiger partial charge in [-0.2, -0.15) is 0 Å². The molecule has 0 aliphatic rings. The first-order chi connectivity index (χ1) is 11.5. The third kappa shape index (κ3) is 7.54. The first-order valence-corrected chi connectivity index (χ1v) is 9.67. The lowest BCUT2D eigenvalue weighted by molar-refractivity contribution is -0.384. The van der Waals surface area contributed by atoms with Gasteiger partial charge in [0.15, 0.2) is 9.84 Å². The van der Waals surface area contributed by atoms with E-state index in [2.05, 4.69) is 10.6 Å². The highest BCUT2D eigenvalue weighted by Gasteiger charge is 2.19. The van der Waals surface area contributed by atoms with Crippen molar-refractivity contribution in [2.24, 2.45) is 11.7 Å². The molecule has 0 aliphatic heterocycles. The Hall–Kier alpha value is -1.91. The number of rotatable bonds is 9. The number of halogens is 1. The highest BCUT2D eigenvalue weighted by atomic mass is 35.5. The fourth-order valence-corrected chi connectivity index (χ4v) is 2.81. The maximum atomic E-state index is 11.8. The molecule has 1 amide bonds. The van der Waals surface area contributed by atoms with Crippen molar-refractivity contribution in [3.63, 3.8) is 0 Å². The zero-order valence-electron chi connectivity index (χ0n) is 14.9. The molecule has 1 rings (SSSR count). The minimum absolute atomic E-state index is 0. The molecule has 0 saturated heterocycles. The quantitative estimate of drug-likeness (QED) is 0.317. The van der Waals surface area contributed by atoms with E-state index in [9.17, 15) is 23.3 Å². The second-order valence-corrected chi connectivity index (χ2v) is 8.18. The van der Waals surface area contributed by atoms with Gasteiger partial charge in [-0.1, -0.05) is 13.8 Å². The van der Waals surface area contributed by atoms with E-state index < -0.39 is 20.8 Å². The van der Waals surface area contributed by atoms with Crippen LogP contribution in [0, 0.1) is 16.0 Å². The molecule has 1 aromatic rings. The Morgan fingerprint density at radius 3 is 2.42 bits per heavy atom. The van der Waals surface area contributed by atoms with Crippen LogP contribution in [0.15, 0.2) is 23.1 Å². The molecule has 0 aromatic heterocycles. The van der Waals surface area contributed by atoms with Gasteiger partial charge in [0, 0.05) is 25.4 Å². The number of nitro groups is 1. The van der Waals surface area contributed by atoms with Crippen LogP contribution < -0.4 is 16.4 Å². The van der Waals surface area contributed by atoms with Crippen LogP contribution in [0.2, 0.25) is 0 Å². The van der Waals surface area contributed by atoms with Gasteiger partial charge in [0.1, 0.15) is 5.69 Å². The molecule has 4 N–H and O–H groups in total. The number of benzene rings is 1. The van der Waals surface area contributed by atoms with E-state index in [-0.39, 0.29) is 47.7 Å². The van der Waals surface area contributed by atoms with Crippen LogP contribution in [0.25, 0.3) is 0 Å². The number of sulfone groups is 1. The van der Waals surface area contributed by atoms with Crippen LogP contribution in [-0.4, -0.2) is 44.6 Å². The number of amides is 1. The monoisotopic (exact) mass is 408 g/mol. The second-order valence-electron chi connectivity index (χ2n) is 6.16. The summed E-state index contributed by atoms with van der Waals surface area (Å²) in [6.07, 6.45) is 1.55. The molecular weight excluding hydrogens is 384 g/mol. The summed E-state index contributed by atoms with van der Waals surface area (Å²) in [5, 5.41) is 16.6. The molecule has 26 heavy (non-hydrogen) atoms. The van der Waals surface area contributed by atoms with Crippen molar-refractivity contribution in [1.29, 1.82) is 0 Å². The van der Waals surface area contributed by atoms with Crippen molar-refractivity contribution in [2.75, 3.05) is 24.7 Å². The molecule has 0 heterocycles. The van der Waals surface area contributed by atoms with Crippen LogP contribution in [0.3, 0.4) is 0 Å². The third-order valence-corrected chi connectivity index (χ3v) is 4.51. The van der Waals surface area contributed by atoms with E-state index in [1.807, 2.05) is 13.8 Å². The molecule has 0 fully saturated rings. The Labute approximate surface area is 159 Å². The van der Waals surface area contributed by atoms with E-state index in [1.165, 1.54) is 12.1 Å². The number of nitrogens with two attached hydrogens (primary N) is 1. The molecule has 148 valence electrons. The maximum Gasteiger partial charge on any atom is 0.293 e. The number of anilines is 1. The summed E-state index contributed by atoms with van der Waals surface area (Å²) in [5.41, 5.74) is 5.59. The number of nitro benzene ring substituents is 1. The predicted octanol–water partition coefficient (Wildman–Crippen LogP) is 1.32. The van der Waals surface area contributed by atoms with Crippen LogP contribution in [-0.2, 0) is 14.6 Å². The Balaban J connectivity index is 0.00000625. The molecule has 0 radical (unpaired) electrons. The topological polar surface area (TPSA) is 144 Å². The molecule has 0 saturated carbocycles. The molecule has 1 aromatic carbocycles. The maximum absolute atomic E-state index is 11.8. The van der Waals surface area contributed by atoms with E-state index >= 15 is 0 Å². The first kappa shape index (κ1) is 24.1. The lowest BCUT2D eigenvalue weighted by atomic mass is 10.0. The van der Waals surface area contributed by atoms with Gasteiger partial charge in [-0.15, -0.1) is 12.4 Å². The second kappa shape index (κ2) is 10.3. The fourth-order valence-electron chi connectivity index (χ4n) is 2.17. The van der Waals surface area contributed by atoms with Crippen LogP contribution >= 0.6 is 12.4 Å². The van der Waals surface area contributed by atoms with E-state index in [4.69, 9.17) is 5.73 Å². The van der Waals surface area contributed by atoms with Crippen molar-refractivity contribution >= 4 is 39.5 Å². The Morgan fingerprint density at radius 2 is 1.92 bits per heavy atom. The zero-order valence-corrected chi connectivity index (χ0v) is 16.5. The summed E-state index contributed by atoms with van der Waals surface area (Å²) in [4.78, 5) is 22.1. The van der Waals surface area contributed by atoms with E-state index in [0.717, 1.165) is 12.3 Å². The van der Waals surface area contributed by atoms with Gasteiger partial charge in [-0.25, -0.2) is 8.42 Å². The standard InChI is InChI=1S/C15H24N4O5S.ClH/c1-10(2)8-12(16)15(20)18-7-6-17-13-5-4-11(25(3,23)24)9-14(13)19(21)22;/h4-5,9-10,12,17H,6-8,16H2,1-3H3,(H,18,20);1H/t12-;/m0./s1. The van der Waals surface area contributed by atoms with Crippen molar-refractivity contribution in [3.8, 4) is 0 Å². The van der Waals surface area contributed by atoms with Crippen molar-refractivity contribution in [3.05, 3.63) is 28.3 Å². The van der Waals surface area contributed by atoms with Crippen LogP contribution in [0.4, 0.5) is 11.4 Å². The minimum Gasteiger partial charge on any atom is -0.378 e. The first-order valence-electron chi connectivity index (χ1n) is 7.78. The van der Waals surface area contributed by atoms with Crippen LogP contribution in [0.1, 0.15) is 20.3 Å². The summed E-state index contributed by atoms with van der Waals surface area (Å²) in [6, 6.07) is 3.04. The van der Waals surface area contributed by atoms with E-state index in [1.54, 1.807) is 0 Å². The molecular formula is C15H25ClN4O5S. The summed E-state index contributed by atoms with van der Waals surface area (Å²) in [7, 11) is -3.53. The van der Waals surface area contributed by atoms with Gasteiger partial charge in [0.2, 0.25) is 5.91 Å². The number of hydrogen-bond acceptors (Lipinski definition) is 7. The average Bonchev–Trinajstić information content (AvgIpc) is 2.49. The van der Waals surface area contributed by atoms with Crippen LogP contribution in [0.5, 0.6) is 0 Å². The SMILES string of the molecule is CC(C)C[C@H](N)C(=O)NCCNc1ccc(S(C)(=O)=O)cc1[N+](=O)[O-].Cl. The normalized spacial score (nSPS) is 12.2. The Bertz CT molecular complexity index is 740. The molecule has 0 bridgehead atoms. The summed E-state index contributed by atoms with van der Waals surface area (Å²) in [5.74, 6) is 0.0207. The largest absolute Gasteiger partial charge is 0.378 e. The lowest BCUT2D eigenvalue weighted by Crippen LogP contribution is -2.42. The number of hydrogen-bond donors (Lipinski definition) is 3. The van der Waals surface area contributed by atoms with Gasteiger partial charge in [0.05, 0.1) is 15.9 Å². The van der Waals surface area contributed by atoms with E-state index in [0.29, 0.717) is 12.3 Å². The molecule has 0 unspecified atom stereocenters. The minimum atomic E-state index is -3.53. The Kier molecular flexibility index (Phi) is 9.53. The highest BCUT2D eigenvalue weighted by molar-refractivity contribution is 7.90. The molecule has 0 spiro atoms. The van der Waals surface area contributed by atoms with Gasteiger partial charge in [-0.05, 0) is 24.5 Å². The third-order valence-electron chi connectivity index (χ3n) is 3.40. The lowest BCUT2D eigenvalue weighted by Gasteiger charge is -2.14. The van der Waals surface area contributed by atoms with Gasteiger partial charge < -0.3 is 16.4 Å². The summed E-state index contributed by atoms with van der Waals surface area (Å²) < 4.78 is 23.0. The highest BCUT2D eigenvalue weighted by Crippen LogP contribution is 2.27. The van der Waals surface area contributed by atoms with Crippen molar-refractivity contribution in [2.45, 2.75) is 31.2 Å². The zero-order chi connectivity index (χ0) is 19.2. The molecule has 1 atom stereocenters. The number of nitrogens with one attached hydrogen (secondary N) is 2. The van der Waals surface area contributed by atoms with Gasteiger partial charge >= 0.3 is 0 Å². The number of nitrogens with zero attached hydrogens (tertiary/aromatic N) is 1. The van der Waals surface area contributed by atoms with Gasteiger partial charge in [0.25, 0.3) is 5.69 Å². The fraction of sp³-hybridized carbons (Fsp3) is 0.533. The molecule has 11 heteroatoms. The smallest absolute Gasteiger partial charge is 0.293 e. The van der Waals surface area contributed by atoms with Gasteiger partial charge in [-0.3, -0.25) is 14.9 Å². The summed E-state index contributed by atoms with van der Waals surface area (Å²) in [6.45, 7) is 4.40. The summed E-state index contributed by atoms with van der Waals surface area (Å²) >= 11 is 0. The van der Waals surface area contributed by atoms with Crippen molar-refractivity contribution < 1.29 is 18.1 Å². The number of carbonyl (C=O) groups excluding carboxylic acids is 1. The predicted molar refractivity (Wildman–Crippen MR) is 102 cm³/mol. The van der Waals surface area contributed by atoms with Crippen molar-refractivity contribution in [1.82, 2.24) is 5.32 Å². The Morgan fingerprint density at radius 1 is 1.31 bits per heavy atom. The number of carbonyl (C=O) groups is 1. The molecule has 0 aliphatic carbocycles. The molecule has 9 nitrogen and oxygen atoms in total. The average molecular weight is 409 g/mol.